The quantitative estimate of drug-likeness (QED) is 0.466. The first-order valence-electron chi connectivity index (χ1n) is 11.3. The fourth-order valence-corrected chi connectivity index (χ4v) is 3.53. The van der Waals surface area contributed by atoms with Gasteiger partial charge in [0.15, 0.2) is 6.61 Å². The van der Waals surface area contributed by atoms with E-state index in [2.05, 4.69) is 5.32 Å². The van der Waals surface area contributed by atoms with Crippen molar-refractivity contribution in [3.63, 3.8) is 0 Å². The molecule has 0 radical (unpaired) electrons. The van der Waals surface area contributed by atoms with E-state index in [1.165, 1.54) is 0 Å². The standard InChI is InChI=1S/C28H30N2O4/c1-21(2)30(19-23-14-8-4-9-15-23)26(31)20-34-28(33)25(18-22-12-6-3-7-13-22)29-27(32)24-16-10-5-11-17-24/h3-17,21,25H,18-20H2,1-2H3,(H,29,32). The molecule has 0 heterocycles. The van der Waals surface area contributed by atoms with Crippen molar-refractivity contribution in [2.24, 2.45) is 0 Å². The Kier molecular flexibility index (Phi) is 8.97. The molecule has 0 saturated heterocycles. The van der Waals surface area contributed by atoms with Gasteiger partial charge in [-0.25, -0.2) is 4.79 Å². The minimum absolute atomic E-state index is 0.0655. The fraction of sp³-hybridized carbons (Fsp3) is 0.250. The van der Waals surface area contributed by atoms with Gasteiger partial charge in [-0.3, -0.25) is 9.59 Å². The van der Waals surface area contributed by atoms with Gasteiger partial charge in [-0.2, -0.15) is 0 Å². The molecule has 0 fully saturated rings. The summed E-state index contributed by atoms with van der Waals surface area (Å²) in [5, 5.41) is 2.76. The number of esters is 1. The Morgan fingerprint density at radius 3 is 1.88 bits per heavy atom. The predicted molar refractivity (Wildman–Crippen MR) is 131 cm³/mol. The van der Waals surface area contributed by atoms with Gasteiger partial charge in [-0.15, -0.1) is 0 Å². The maximum absolute atomic E-state index is 13.0. The van der Waals surface area contributed by atoms with Gasteiger partial charge in [0.2, 0.25) is 0 Å². The first-order valence-corrected chi connectivity index (χ1v) is 11.3. The summed E-state index contributed by atoms with van der Waals surface area (Å²) in [6.07, 6.45) is 0.254. The Balaban J connectivity index is 1.67. The van der Waals surface area contributed by atoms with Gasteiger partial charge < -0.3 is 15.0 Å². The summed E-state index contributed by atoms with van der Waals surface area (Å²) >= 11 is 0. The normalized spacial score (nSPS) is 11.5. The molecule has 34 heavy (non-hydrogen) atoms. The van der Waals surface area contributed by atoms with E-state index in [0.29, 0.717) is 12.1 Å². The number of carbonyl (C=O) groups is 3. The third kappa shape index (κ3) is 7.30. The second kappa shape index (κ2) is 12.3. The second-order valence-corrected chi connectivity index (χ2v) is 8.29. The van der Waals surface area contributed by atoms with E-state index in [9.17, 15) is 14.4 Å². The molecule has 0 spiro atoms. The van der Waals surface area contributed by atoms with Crippen molar-refractivity contribution < 1.29 is 19.1 Å². The predicted octanol–water partition coefficient (Wildman–Crippen LogP) is 4.01. The minimum atomic E-state index is -0.926. The Bertz CT molecular complexity index is 1070. The lowest BCUT2D eigenvalue weighted by Crippen LogP contribution is -2.45. The molecule has 0 aliphatic rings. The highest BCUT2D eigenvalue weighted by Crippen LogP contribution is 2.10. The van der Waals surface area contributed by atoms with Gasteiger partial charge in [0.05, 0.1) is 0 Å². The molecule has 3 aromatic rings. The highest BCUT2D eigenvalue weighted by molar-refractivity contribution is 5.97. The van der Waals surface area contributed by atoms with Crippen molar-refractivity contribution in [2.45, 2.75) is 38.9 Å². The summed E-state index contributed by atoms with van der Waals surface area (Å²) in [4.78, 5) is 40.2. The van der Waals surface area contributed by atoms with Crippen molar-refractivity contribution in [3.8, 4) is 0 Å². The molecule has 1 atom stereocenters. The minimum Gasteiger partial charge on any atom is -0.454 e. The number of nitrogens with zero attached hydrogens (tertiary/aromatic N) is 1. The molecular formula is C28H30N2O4. The first kappa shape index (κ1) is 24.7. The van der Waals surface area contributed by atoms with E-state index in [4.69, 9.17) is 4.74 Å². The van der Waals surface area contributed by atoms with Crippen LogP contribution in [0.3, 0.4) is 0 Å². The van der Waals surface area contributed by atoms with Crippen LogP contribution in [0.1, 0.15) is 35.3 Å². The number of benzene rings is 3. The zero-order chi connectivity index (χ0) is 24.3. The van der Waals surface area contributed by atoms with Gasteiger partial charge in [-0.1, -0.05) is 78.9 Å². The van der Waals surface area contributed by atoms with E-state index < -0.39 is 18.6 Å². The summed E-state index contributed by atoms with van der Waals surface area (Å²) in [5.41, 5.74) is 2.31. The molecule has 0 bridgehead atoms. The topological polar surface area (TPSA) is 75.7 Å². The van der Waals surface area contributed by atoms with Crippen LogP contribution in [0.25, 0.3) is 0 Å². The van der Waals surface area contributed by atoms with Gasteiger partial charge in [0.1, 0.15) is 6.04 Å². The van der Waals surface area contributed by atoms with Gasteiger partial charge in [0, 0.05) is 24.6 Å². The van der Waals surface area contributed by atoms with E-state index in [-0.39, 0.29) is 24.3 Å². The lowest BCUT2D eigenvalue weighted by Gasteiger charge is -2.27. The van der Waals surface area contributed by atoms with Crippen LogP contribution in [0.2, 0.25) is 0 Å². The molecule has 3 aromatic carbocycles. The molecule has 1 N–H and O–H groups in total. The molecule has 176 valence electrons. The second-order valence-electron chi connectivity index (χ2n) is 8.29. The van der Waals surface area contributed by atoms with E-state index in [1.807, 2.05) is 80.6 Å². The summed E-state index contributed by atoms with van der Waals surface area (Å²) < 4.78 is 5.40. The monoisotopic (exact) mass is 458 g/mol. The summed E-state index contributed by atoms with van der Waals surface area (Å²) in [7, 11) is 0. The van der Waals surface area contributed by atoms with Crippen LogP contribution in [0.4, 0.5) is 0 Å². The van der Waals surface area contributed by atoms with Crippen molar-refractivity contribution in [2.75, 3.05) is 6.61 Å². The summed E-state index contributed by atoms with van der Waals surface area (Å²) in [6.45, 7) is 3.87. The van der Waals surface area contributed by atoms with Crippen LogP contribution in [0.15, 0.2) is 91.0 Å². The number of amides is 2. The number of nitrogens with one attached hydrogen (secondary N) is 1. The number of hydrogen-bond donors (Lipinski definition) is 1. The lowest BCUT2D eigenvalue weighted by molar-refractivity contribution is -0.154. The Hall–Kier alpha value is -3.93. The lowest BCUT2D eigenvalue weighted by atomic mass is 10.1. The molecule has 0 aliphatic carbocycles. The molecule has 1 unspecified atom stereocenters. The van der Waals surface area contributed by atoms with Crippen molar-refractivity contribution in [3.05, 3.63) is 108 Å². The molecule has 0 aromatic heterocycles. The average Bonchev–Trinajstić information content (AvgIpc) is 2.86. The SMILES string of the molecule is CC(C)N(Cc1ccccc1)C(=O)COC(=O)C(Cc1ccccc1)NC(=O)c1ccccc1. The number of carbonyl (C=O) groups excluding carboxylic acids is 3. The van der Waals surface area contributed by atoms with Crippen LogP contribution in [0.5, 0.6) is 0 Å². The molecule has 0 aliphatic heterocycles. The number of hydrogen-bond acceptors (Lipinski definition) is 4. The first-order chi connectivity index (χ1) is 16.4. The van der Waals surface area contributed by atoms with Crippen LogP contribution in [-0.2, 0) is 27.3 Å². The van der Waals surface area contributed by atoms with Crippen molar-refractivity contribution in [1.29, 1.82) is 0 Å². The molecule has 6 nitrogen and oxygen atoms in total. The summed E-state index contributed by atoms with van der Waals surface area (Å²) in [6, 6.07) is 26.7. The largest absolute Gasteiger partial charge is 0.454 e. The molecule has 2 amide bonds. The highest BCUT2D eigenvalue weighted by Gasteiger charge is 2.26. The van der Waals surface area contributed by atoms with Gasteiger partial charge in [-0.05, 0) is 37.1 Å². The van der Waals surface area contributed by atoms with E-state index in [0.717, 1.165) is 11.1 Å². The Morgan fingerprint density at radius 1 is 0.794 bits per heavy atom. The maximum Gasteiger partial charge on any atom is 0.329 e. The average molecular weight is 459 g/mol. The van der Waals surface area contributed by atoms with Gasteiger partial charge >= 0.3 is 5.97 Å². The van der Waals surface area contributed by atoms with E-state index in [1.54, 1.807) is 29.2 Å². The van der Waals surface area contributed by atoms with Crippen LogP contribution in [0, 0.1) is 0 Å². The number of ether oxygens (including phenoxy) is 1. The molecule has 0 saturated carbocycles. The number of rotatable bonds is 10. The molecular weight excluding hydrogens is 428 g/mol. The van der Waals surface area contributed by atoms with Crippen LogP contribution in [-0.4, -0.2) is 41.4 Å². The smallest absolute Gasteiger partial charge is 0.329 e. The van der Waals surface area contributed by atoms with Crippen molar-refractivity contribution in [1.82, 2.24) is 10.2 Å². The Morgan fingerprint density at radius 2 is 1.32 bits per heavy atom. The van der Waals surface area contributed by atoms with E-state index >= 15 is 0 Å². The third-order valence-corrected chi connectivity index (χ3v) is 5.39. The zero-order valence-electron chi connectivity index (χ0n) is 19.5. The molecule has 3 rings (SSSR count). The highest BCUT2D eigenvalue weighted by atomic mass is 16.5. The maximum atomic E-state index is 13.0. The zero-order valence-corrected chi connectivity index (χ0v) is 19.5. The van der Waals surface area contributed by atoms with Crippen molar-refractivity contribution >= 4 is 17.8 Å². The van der Waals surface area contributed by atoms with Gasteiger partial charge in [0.25, 0.3) is 11.8 Å². The molecule has 6 heteroatoms. The van der Waals surface area contributed by atoms with Crippen LogP contribution >= 0.6 is 0 Å². The third-order valence-electron chi connectivity index (χ3n) is 5.39. The summed E-state index contributed by atoms with van der Waals surface area (Å²) in [5.74, 6) is -1.32. The fourth-order valence-electron chi connectivity index (χ4n) is 3.53. The van der Waals surface area contributed by atoms with Crippen LogP contribution < -0.4 is 5.32 Å². The Labute approximate surface area is 200 Å².